The maximum atomic E-state index is 11.8. The number of phenolic OH excluding ortho intramolecular Hbond substituents is 1. The normalized spacial score (nSPS) is 24.0. The van der Waals surface area contributed by atoms with Crippen LogP contribution in [0.15, 0.2) is 36.4 Å². The van der Waals surface area contributed by atoms with Crippen LogP contribution in [0.25, 0.3) is 0 Å². The zero-order valence-corrected chi connectivity index (χ0v) is 19.7. The molecule has 1 aliphatic heterocycles. The fourth-order valence-electron chi connectivity index (χ4n) is 3.64. The Bertz CT molecular complexity index is 1050. The molecule has 190 valence electrons. The SMILES string of the molecule is Cc1cc(O)cc(O[C@@H]2S[C@H](CO)[C@@H](O)[C@H](O)[C@H]2O)c1Cc1ccc(NC(=O)NCC(N)=O)cc1. The molecule has 12 heteroatoms. The molecule has 9 N–H and O–H groups in total. The highest BCUT2D eigenvalue weighted by Crippen LogP contribution is 2.37. The largest absolute Gasteiger partial charge is 0.508 e. The molecule has 5 atom stereocenters. The number of aromatic hydroxyl groups is 1. The Kier molecular flexibility index (Phi) is 8.81. The Hall–Kier alpha value is -3.03. The van der Waals surface area contributed by atoms with Crippen molar-refractivity contribution in [1.29, 1.82) is 0 Å². The van der Waals surface area contributed by atoms with E-state index < -0.39 is 47.5 Å². The fraction of sp³-hybridized carbons (Fsp3) is 0.391. The Labute approximate surface area is 205 Å². The van der Waals surface area contributed by atoms with E-state index in [1.54, 1.807) is 37.3 Å². The summed E-state index contributed by atoms with van der Waals surface area (Å²) in [6.07, 6.45) is -3.84. The second-order valence-electron chi connectivity index (χ2n) is 8.20. The van der Waals surface area contributed by atoms with E-state index in [1.165, 1.54) is 6.07 Å². The Morgan fingerprint density at radius 2 is 1.77 bits per heavy atom. The van der Waals surface area contributed by atoms with Crippen molar-refractivity contribution in [3.05, 3.63) is 53.1 Å². The highest BCUT2D eigenvalue weighted by Gasteiger charge is 2.44. The van der Waals surface area contributed by atoms with E-state index >= 15 is 0 Å². The van der Waals surface area contributed by atoms with E-state index in [0.29, 0.717) is 12.1 Å². The van der Waals surface area contributed by atoms with Gasteiger partial charge in [0.05, 0.1) is 24.5 Å². The van der Waals surface area contributed by atoms with Gasteiger partial charge in [0.2, 0.25) is 5.91 Å². The quantitative estimate of drug-likeness (QED) is 0.239. The van der Waals surface area contributed by atoms with E-state index in [4.69, 9.17) is 10.5 Å². The number of aliphatic hydroxyl groups is 4. The van der Waals surface area contributed by atoms with Gasteiger partial charge in [-0.2, -0.15) is 0 Å². The van der Waals surface area contributed by atoms with E-state index in [2.05, 4.69) is 10.6 Å². The summed E-state index contributed by atoms with van der Waals surface area (Å²) in [5, 5.41) is 54.4. The number of nitrogens with two attached hydrogens (primary N) is 1. The summed E-state index contributed by atoms with van der Waals surface area (Å²) < 4.78 is 5.97. The molecule has 3 rings (SSSR count). The molecule has 0 radical (unpaired) electrons. The summed E-state index contributed by atoms with van der Waals surface area (Å²) in [4.78, 5) is 22.5. The van der Waals surface area contributed by atoms with Gasteiger partial charge in [0.25, 0.3) is 0 Å². The molecule has 11 nitrogen and oxygen atoms in total. The Morgan fingerprint density at radius 1 is 1.09 bits per heavy atom. The van der Waals surface area contributed by atoms with Crippen LogP contribution < -0.4 is 21.1 Å². The third kappa shape index (κ3) is 6.77. The first-order valence-corrected chi connectivity index (χ1v) is 11.7. The van der Waals surface area contributed by atoms with Gasteiger partial charge in [-0.05, 0) is 36.2 Å². The third-order valence-electron chi connectivity index (χ3n) is 5.52. The van der Waals surface area contributed by atoms with Crippen LogP contribution in [0.1, 0.15) is 16.7 Å². The molecule has 35 heavy (non-hydrogen) atoms. The predicted molar refractivity (Wildman–Crippen MR) is 129 cm³/mol. The summed E-state index contributed by atoms with van der Waals surface area (Å²) in [5.41, 5.74) is 6.80. The minimum atomic E-state index is -1.50. The summed E-state index contributed by atoms with van der Waals surface area (Å²) in [7, 11) is 0. The Balaban J connectivity index is 1.76. The average Bonchev–Trinajstić information content (AvgIpc) is 2.81. The van der Waals surface area contributed by atoms with Crippen LogP contribution in [0.3, 0.4) is 0 Å². The molecule has 2 aromatic rings. The maximum Gasteiger partial charge on any atom is 0.319 e. The number of rotatable bonds is 8. The minimum Gasteiger partial charge on any atom is -0.508 e. The summed E-state index contributed by atoms with van der Waals surface area (Å²) in [5.74, 6) is -0.417. The van der Waals surface area contributed by atoms with Crippen LogP contribution in [0, 0.1) is 6.92 Å². The minimum absolute atomic E-state index is 0.0441. The lowest BCUT2D eigenvalue weighted by Gasteiger charge is -2.39. The molecule has 0 unspecified atom stereocenters. The molecule has 0 saturated carbocycles. The van der Waals surface area contributed by atoms with Crippen LogP contribution >= 0.6 is 11.8 Å². The second-order valence-corrected chi connectivity index (χ2v) is 9.54. The van der Waals surface area contributed by atoms with Crippen LogP contribution in [0.2, 0.25) is 0 Å². The number of phenols is 1. The van der Waals surface area contributed by atoms with Crippen molar-refractivity contribution in [1.82, 2.24) is 5.32 Å². The number of anilines is 1. The molecular formula is C23H29N3O8S. The molecule has 0 spiro atoms. The second kappa shape index (κ2) is 11.6. The van der Waals surface area contributed by atoms with E-state index in [-0.39, 0.29) is 18.0 Å². The number of ether oxygens (including phenoxy) is 1. The van der Waals surface area contributed by atoms with E-state index in [9.17, 15) is 35.1 Å². The van der Waals surface area contributed by atoms with Gasteiger partial charge in [-0.3, -0.25) is 4.79 Å². The number of nitrogens with one attached hydrogen (secondary N) is 2. The van der Waals surface area contributed by atoms with Crippen molar-refractivity contribution in [2.75, 3.05) is 18.5 Å². The number of urea groups is 1. The number of hydrogen-bond donors (Lipinski definition) is 8. The number of primary amides is 1. The summed E-state index contributed by atoms with van der Waals surface area (Å²) in [6.45, 7) is 1.10. The van der Waals surface area contributed by atoms with Crippen molar-refractivity contribution in [3.63, 3.8) is 0 Å². The first-order chi connectivity index (χ1) is 16.6. The number of hydrogen-bond acceptors (Lipinski definition) is 9. The molecule has 1 saturated heterocycles. The highest BCUT2D eigenvalue weighted by molar-refractivity contribution is 8.00. The maximum absolute atomic E-state index is 11.8. The standard InChI is InChI=1S/C23H29N3O8S/c1-11-6-14(28)8-16(34-22-21(32)20(31)19(30)17(10-27)35-22)15(11)7-12-2-4-13(5-3-12)26-23(33)25-9-18(24)29/h2-6,8,17,19-22,27-28,30-32H,7,9-10H2,1H3,(H2,24,29)(H2,25,26,33)/t17-,19-,20+,21-,22-/m1/s1. The zero-order chi connectivity index (χ0) is 25.7. The van der Waals surface area contributed by atoms with Gasteiger partial charge in [-0.25, -0.2) is 4.79 Å². The molecular weight excluding hydrogens is 478 g/mol. The first kappa shape index (κ1) is 26.6. The van der Waals surface area contributed by atoms with Gasteiger partial charge >= 0.3 is 6.03 Å². The molecule has 0 aliphatic carbocycles. The lowest BCUT2D eigenvalue weighted by atomic mass is 9.98. The lowest BCUT2D eigenvalue weighted by Crippen LogP contribution is -2.55. The highest BCUT2D eigenvalue weighted by atomic mass is 32.2. The van der Waals surface area contributed by atoms with Crippen LogP contribution in [-0.4, -0.2) is 79.6 Å². The molecule has 1 heterocycles. The monoisotopic (exact) mass is 507 g/mol. The van der Waals surface area contributed by atoms with Crippen LogP contribution in [-0.2, 0) is 11.2 Å². The van der Waals surface area contributed by atoms with Crippen molar-refractivity contribution in [3.8, 4) is 11.5 Å². The van der Waals surface area contributed by atoms with Gasteiger partial charge in [-0.15, -0.1) is 11.8 Å². The van der Waals surface area contributed by atoms with Crippen molar-refractivity contribution in [2.24, 2.45) is 5.73 Å². The number of aliphatic hydroxyl groups excluding tert-OH is 4. The number of thioether (sulfide) groups is 1. The van der Waals surface area contributed by atoms with Crippen LogP contribution in [0.5, 0.6) is 11.5 Å². The Morgan fingerprint density at radius 3 is 2.40 bits per heavy atom. The first-order valence-electron chi connectivity index (χ1n) is 10.8. The average molecular weight is 508 g/mol. The molecule has 1 aliphatic rings. The molecule has 2 aromatic carbocycles. The predicted octanol–water partition coefficient (Wildman–Crippen LogP) is -0.206. The van der Waals surface area contributed by atoms with Gasteiger partial charge in [0, 0.05) is 23.7 Å². The van der Waals surface area contributed by atoms with Gasteiger partial charge in [0.1, 0.15) is 23.7 Å². The van der Waals surface area contributed by atoms with Crippen molar-refractivity contribution >= 4 is 29.4 Å². The summed E-state index contributed by atoms with van der Waals surface area (Å²) in [6, 6.07) is 9.33. The van der Waals surface area contributed by atoms with Crippen molar-refractivity contribution < 1.29 is 39.9 Å². The summed E-state index contributed by atoms with van der Waals surface area (Å²) >= 11 is 0.997. The van der Waals surface area contributed by atoms with Gasteiger partial charge < -0.3 is 46.6 Å². The fourth-order valence-corrected chi connectivity index (χ4v) is 4.87. The number of amides is 3. The third-order valence-corrected chi connectivity index (χ3v) is 6.95. The number of carbonyl (C=O) groups excluding carboxylic acids is 2. The molecule has 3 amide bonds. The smallest absolute Gasteiger partial charge is 0.319 e. The van der Waals surface area contributed by atoms with Crippen molar-refractivity contribution in [2.45, 2.75) is 42.3 Å². The number of benzene rings is 2. The lowest BCUT2D eigenvalue weighted by molar-refractivity contribution is -0.117. The number of carbonyl (C=O) groups is 2. The van der Waals surface area contributed by atoms with E-state index in [0.717, 1.165) is 28.5 Å². The van der Waals surface area contributed by atoms with Gasteiger partial charge in [0.15, 0.2) is 5.44 Å². The molecule has 0 aromatic heterocycles. The van der Waals surface area contributed by atoms with Gasteiger partial charge in [-0.1, -0.05) is 12.1 Å². The molecule has 0 bridgehead atoms. The van der Waals surface area contributed by atoms with E-state index in [1.807, 2.05) is 0 Å². The topological polar surface area (TPSA) is 195 Å². The van der Waals surface area contributed by atoms with Crippen LogP contribution in [0.4, 0.5) is 10.5 Å². The molecule has 1 fully saturated rings. The zero-order valence-electron chi connectivity index (χ0n) is 18.9. The number of aryl methyl sites for hydroxylation is 1.